The third kappa shape index (κ3) is 5.34. The number of piperidine rings is 2. The minimum atomic E-state index is -2.89. The highest BCUT2D eigenvalue weighted by Crippen LogP contribution is 2.41. The Morgan fingerprint density at radius 1 is 1.06 bits per heavy atom. The molecule has 2 saturated heterocycles. The van der Waals surface area contributed by atoms with Gasteiger partial charge in [-0.2, -0.15) is 8.78 Å². The second-order valence-electron chi connectivity index (χ2n) is 8.52. The fourth-order valence-electron chi connectivity index (χ4n) is 4.97. The van der Waals surface area contributed by atoms with E-state index in [9.17, 15) is 18.7 Å². The number of benzene rings is 2. The molecule has 4 rings (SSSR count). The molecular formula is C24H27F2NO4. The lowest BCUT2D eigenvalue weighted by Crippen LogP contribution is -2.60. The van der Waals surface area contributed by atoms with Gasteiger partial charge in [0.1, 0.15) is 12.4 Å². The van der Waals surface area contributed by atoms with Crippen molar-refractivity contribution in [1.82, 2.24) is 4.90 Å². The number of carbonyl (C=O) groups is 1. The minimum absolute atomic E-state index is 0.0817. The first-order valence-corrected chi connectivity index (χ1v) is 10.7. The average Bonchev–Trinajstić information content (AvgIpc) is 2.71. The van der Waals surface area contributed by atoms with Crippen LogP contribution in [0.5, 0.6) is 5.75 Å². The topological polar surface area (TPSA) is 59.0 Å². The number of aliphatic hydroxyl groups is 1. The Labute approximate surface area is 180 Å². The van der Waals surface area contributed by atoms with Crippen molar-refractivity contribution in [3.8, 4) is 5.75 Å². The third-order valence-electron chi connectivity index (χ3n) is 6.17. The summed E-state index contributed by atoms with van der Waals surface area (Å²) in [4.78, 5) is 14.6. The van der Waals surface area contributed by atoms with E-state index < -0.39 is 12.2 Å². The lowest BCUT2D eigenvalue weighted by Gasteiger charge is -2.51. The van der Waals surface area contributed by atoms with E-state index >= 15 is 0 Å². The molecule has 0 radical (unpaired) electrons. The summed E-state index contributed by atoms with van der Waals surface area (Å²) in [5.41, 5.74) is 0.661. The monoisotopic (exact) mass is 431 g/mol. The van der Waals surface area contributed by atoms with Crippen LogP contribution < -0.4 is 4.74 Å². The van der Waals surface area contributed by atoms with Crippen molar-refractivity contribution in [3.63, 3.8) is 0 Å². The quantitative estimate of drug-likeness (QED) is 0.706. The van der Waals surface area contributed by atoms with Gasteiger partial charge in [0.05, 0.1) is 5.60 Å². The second kappa shape index (κ2) is 9.22. The summed E-state index contributed by atoms with van der Waals surface area (Å²) >= 11 is 0. The van der Waals surface area contributed by atoms with E-state index in [2.05, 4.69) is 4.74 Å². The van der Waals surface area contributed by atoms with Crippen LogP contribution in [-0.2, 0) is 17.8 Å². The van der Waals surface area contributed by atoms with Gasteiger partial charge in [-0.3, -0.25) is 0 Å². The maximum absolute atomic E-state index is 12.8. The van der Waals surface area contributed by atoms with Gasteiger partial charge in [-0.25, -0.2) is 4.79 Å². The number of carbonyl (C=O) groups excluding carboxylic acids is 1. The number of nitrogens with zero attached hydrogens (tertiary/aromatic N) is 1. The summed E-state index contributed by atoms with van der Waals surface area (Å²) in [7, 11) is 0. The highest BCUT2D eigenvalue weighted by Gasteiger charge is 2.47. The normalized spacial score (nSPS) is 25.4. The molecule has 2 unspecified atom stereocenters. The Balaban J connectivity index is 1.42. The first-order valence-electron chi connectivity index (χ1n) is 10.7. The second-order valence-corrected chi connectivity index (χ2v) is 8.52. The van der Waals surface area contributed by atoms with Gasteiger partial charge < -0.3 is 19.5 Å². The molecule has 0 aromatic heterocycles. The first kappa shape index (κ1) is 21.6. The van der Waals surface area contributed by atoms with Crippen molar-refractivity contribution in [2.75, 3.05) is 0 Å². The van der Waals surface area contributed by atoms with Crippen LogP contribution >= 0.6 is 0 Å². The summed E-state index contributed by atoms with van der Waals surface area (Å²) in [6, 6.07) is 15.8. The third-order valence-corrected chi connectivity index (χ3v) is 6.17. The number of alkyl halides is 2. The van der Waals surface area contributed by atoms with Crippen LogP contribution in [0.15, 0.2) is 54.6 Å². The van der Waals surface area contributed by atoms with Gasteiger partial charge in [-0.15, -0.1) is 0 Å². The Hall–Kier alpha value is -2.67. The Morgan fingerprint density at radius 3 is 2.42 bits per heavy atom. The molecule has 0 aliphatic carbocycles. The molecule has 1 amide bonds. The molecule has 2 heterocycles. The summed E-state index contributed by atoms with van der Waals surface area (Å²) < 4.78 is 35.1. The van der Waals surface area contributed by atoms with Crippen molar-refractivity contribution in [3.05, 3.63) is 65.7 Å². The van der Waals surface area contributed by atoms with Crippen molar-refractivity contribution < 1.29 is 28.2 Å². The van der Waals surface area contributed by atoms with Crippen molar-refractivity contribution in [2.24, 2.45) is 0 Å². The smallest absolute Gasteiger partial charge is 0.410 e. The lowest BCUT2D eigenvalue weighted by molar-refractivity contribution is -0.0846. The summed E-state index contributed by atoms with van der Waals surface area (Å²) in [6.07, 6.45) is 3.49. The Bertz CT molecular complexity index is 878. The maximum Gasteiger partial charge on any atom is 0.410 e. The van der Waals surface area contributed by atoms with Crippen molar-refractivity contribution in [1.29, 1.82) is 0 Å². The van der Waals surface area contributed by atoms with Crippen LogP contribution in [0.3, 0.4) is 0 Å². The molecule has 2 fully saturated rings. The van der Waals surface area contributed by atoms with Gasteiger partial charge in [0.2, 0.25) is 0 Å². The highest BCUT2D eigenvalue weighted by atomic mass is 19.3. The van der Waals surface area contributed by atoms with E-state index in [1.807, 2.05) is 30.3 Å². The van der Waals surface area contributed by atoms with E-state index in [-0.39, 0.29) is 30.5 Å². The zero-order valence-corrected chi connectivity index (χ0v) is 17.3. The average molecular weight is 431 g/mol. The number of rotatable bonds is 6. The maximum atomic E-state index is 12.8. The van der Waals surface area contributed by atoms with Crippen molar-refractivity contribution in [2.45, 2.75) is 69.4 Å². The van der Waals surface area contributed by atoms with Crippen LogP contribution in [0.1, 0.15) is 43.2 Å². The number of ether oxygens (including phenoxy) is 2. The molecule has 31 heavy (non-hydrogen) atoms. The zero-order chi connectivity index (χ0) is 21.8. The first-order chi connectivity index (χ1) is 14.9. The van der Waals surface area contributed by atoms with Gasteiger partial charge in [-0.05, 0) is 55.4 Å². The number of halogens is 2. The summed E-state index contributed by atoms with van der Waals surface area (Å²) in [5, 5.41) is 11.3. The van der Waals surface area contributed by atoms with Crippen LogP contribution in [0.4, 0.5) is 13.6 Å². The summed E-state index contributed by atoms with van der Waals surface area (Å²) in [5.74, 6) is 0.0817. The highest BCUT2D eigenvalue weighted by molar-refractivity contribution is 5.69. The SMILES string of the molecule is O=C(OCc1ccccc1)N1C2CCCC1CC(O)(Cc1cccc(OC(F)F)c1)C2. The number of fused-ring (bicyclic) bond motifs is 2. The van der Waals surface area contributed by atoms with E-state index in [1.165, 1.54) is 6.07 Å². The molecular weight excluding hydrogens is 404 g/mol. The Kier molecular flexibility index (Phi) is 6.41. The predicted octanol–water partition coefficient (Wildman–Crippen LogP) is 4.92. The lowest BCUT2D eigenvalue weighted by atomic mass is 9.73. The number of hydrogen-bond donors (Lipinski definition) is 1. The molecule has 7 heteroatoms. The van der Waals surface area contributed by atoms with Crippen LogP contribution in [0.2, 0.25) is 0 Å². The van der Waals surface area contributed by atoms with E-state index in [0.717, 1.165) is 30.4 Å². The van der Waals surface area contributed by atoms with Crippen LogP contribution in [0.25, 0.3) is 0 Å². The fourth-order valence-corrected chi connectivity index (χ4v) is 4.97. The molecule has 2 atom stereocenters. The fraction of sp³-hybridized carbons (Fsp3) is 0.458. The molecule has 2 bridgehead atoms. The van der Waals surface area contributed by atoms with Gasteiger partial charge in [0.15, 0.2) is 0 Å². The largest absolute Gasteiger partial charge is 0.445 e. The summed E-state index contributed by atoms with van der Waals surface area (Å²) in [6.45, 7) is -2.67. The molecule has 5 nitrogen and oxygen atoms in total. The van der Waals surface area contributed by atoms with Gasteiger partial charge in [0.25, 0.3) is 0 Å². The van der Waals surface area contributed by atoms with Crippen molar-refractivity contribution >= 4 is 6.09 Å². The molecule has 0 saturated carbocycles. The van der Waals surface area contributed by atoms with E-state index in [1.54, 1.807) is 23.1 Å². The molecule has 2 aromatic carbocycles. The molecule has 2 aliphatic rings. The molecule has 2 aliphatic heterocycles. The van der Waals surface area contributed by atoms with Crippen LogP contribution in [-0.4, -0.2) is 40.4 Å². The number of hydrogen-bond acceptors (Lipinski definition) is 4. The van der Waals surface area contributed by atoms with Crippen LogP contribution in [0, 0.1) is 0 Å². The zero-order valence-electron chi connectivity index (χ0n) is 17.3. The standard InChI is InChI=1S/C24H27F2NO4/c25-22(26)31-21-11-4-8-18(12-21)13-24(29)14-19-9-5-10-20(15-24)27(19)23(28)30-16-17-6-2-1-3-7-17/h1-4,6-8,11-12,19-20,22,29H,5,9-10,13-16H2. The van der Waals surface area contributed by atoms with Gasteiger partial charge in [0, 0.05) is 18.5 Å². The van der Waals surface area contributed by atoms with E-state index in [4.69, 9.17) is 4.74 Å². The Morgan fingerprint density at radius 2 is 1.74 bits per heavy atom. The van der Waals surface area contributed by atoms with Gasteiger partial charge in [-0.1, -0.05) is 42.5 Å². The predicted molar refractivity (Wildman–Crippen MR) is 111 cm³/mol. The number of amides is 1. The molecule has 2 aromatic rings. The molecule has 0 spiro atoms. The minimum Gasteiger partial charge on any atom is -0.445 e. The molecule has 166 valence electrons. The van der Waals surface area contributed by atoms with Gasteiger partial charge >= 0.3 is 12.7 Å². The van der Waals surface area contributed by atoms with E-state index in [0.29, 0.717) is 19.3 Å². The molecule has 1 N–H and O–H groups in total.